The van der Waals surface area contributed by atoms with Gasteiger partial charge in [0.15, 0.2) is 0 Å². The molecule has 0 spiro atoms. The molecule has 0 unspecified atom stereocenters. The Bertz CT molecular complexity index is 27.2. The molecule has 0 aliphatic rings. The second-order valence-corrected chi connectivity index (χ2v) is 1.50. The van der Waals surface area contributed by atoms with E-state index in [1.807, 2.05) is 0 Å². The Balaban J connectivity index is -0.0000000800. The predicted octanol–water partition coefficient (Wildman–Crippen LogP) is -5.52. The SMILES string of the molecule is [Al+3].[Ce+3].[O-][Si]([O-])([O-])[O-]. The van der Waals surface area contributed by atoms with E-state index in [4.69, 9.17) is 19.2 Å². The van der Waals surface area contributed by atoms with Gasteiger partial charge in [0.2, 0.25) is 0 Å². The maximum absolute atomic E-state index is 8.58. The molecular weight excluding hydrogens is 259 g/mol. The van der Waals surface area contributed by atoms with Crippen molar-refractivity contribution < 1.29 is 60.9 Å². The first-order chi connectivity index (χ1) is 2.00. The Labute approximate surface area is 86.2 Å². The van der Waals surface area contributed by atoms with Crippen molar-refractivity contribution in [1.82, 2.24) is 0 Å². The monoisotopic (exact) mass is 259 g/mol. The van der Waals surface area contributed by atoms with Crippen LogP contribution in [0.2, 0.25) is 0 Å². The van der Waals surface area contributed by atoms with Crippen LogP contribution in [0.1, 0.15) is 0 Å². The summed E-state index contributed by atoms with van der Waals surface area (Å²) in [4.78, 5) is 34.3. The van der Waals surface area contributed by atoms with E-state index in [0.717, 1.165) is 0 Å². The van der Waals surface area contributed by atoms with Crippen LogP contribution >= 0.6 is 0 Å². The molecule has 0 atom stereocenters. The van der Waals surface area contributed by atoms with E-state index in [-0.39, 0.29) is 59.1 Å². The van der Waals surface area contributed by atoms with E-state index in [1.165, 1.54) is 0 Å². The number of hydrogen-bond acceptors (Lipinski definition) is 4. The van der Waals surface area contributed by atoms with Crippen LogP contribution in [0, 0.1) is 41.7 Å². The van der Waals surface area contributed by atoms with E-state index in [2.05, 4.69) is 0 Å². The quantitative estimate of drug-likeness (QED) is 0.406. The van der Waals surface area contributed by atoms with E-state index >= 15 is 0 Å². The van der Waals surface area contributed by atoms with Crippen LogP contribution in [-0.4, -0.2) is 26.4 Å². The van der Waals surface area contributed by atoms with E-state index < -0.39 is 9.05 Å². The predicted molar refractivity (Wildman–Crippen MR) is 11.5 cm³/mol. The zero-order valence-corrected chi connectivity index (χ0v) is 8.51. The normalized spacial score (nSPS) is 8.57. The van der Waals surface area contributed by atoms with Gasteiger partial charge in [0, 0.05) is 0 Å². The van der Waals surface area contributed by atoms with Gasteiger partial charge in [0.05, 0.1) is 0 Å². The third kappa shape index (κ3) is 73.4. The maximum atomic E-state index is 8.58. The summed E-state index contributed by atoms with van der Waals surface area (Å²) in [7, 11) is -5.61. The van der Waals surface area contributed by atoms with E-state index in [1.54, 1.807) is 0 Å². The minimum atomic E-state index is -5.61. The molecule has 0 rings (SSSR count). The number of hydrogen-bond donors (Lipinski definition) is 0. The molecule has 0 saturated carbocycles. The van der Waals surface area contributed by atoms with Crippen molar-refractivity contribution in [1.29, 1.82) is 0 Å². The van der Waals surface area contributed by atoms with Gasteiger partial charge in [-0.05, 0) is 0 Å². The molecule has 0 amide bonds. The van der Waals surface area contributed by atoms with Gasteiger partial charge in [-0.15, -0.1) is 0 Å². The third-order valence-electron chi connectivity index (χ3n) is 0. The summed E-state index contributed by atoms with van der Waals surface area (Å²) in [5.41, 5.74) is 0. The fourth-order valence-electron chi connectivity index (χ4n) is 0. The molecule has 33 valence electrons. The Morgan fingerprint density at radius 3 is 0.857 bits per heavy atom. The molecule has 0 aliphatic carbocycles. The van der Waals surface area contributed by atoms with Gasteiger partial charge in [-0.1, -0.05) is 0 Å². The Morgan fingerprint density at radius 2 is 0.857 bits per heavy atom. The average molecular weight is 259 g/mol. The number of rotatable bonds is 0. The van der Waals surface area contributed by atoms with Gasteiger partial charge in [-0.2, -0.15) is 0 Å². The molecular formula is AlCeO4Si+2. The van der Waals surface area contributed by atoms with Gasteiger partial charge in [-0.25, -0.2) is 0 Å². The molecule has 0 aliphatic heterocycles. The van der Waals surface area contributed by atoms with Crippen LogP contribution < -0.4 is 19.2 Å². The Morgan fingerprint density at radius 1 is 0.857 bits per heavy atom. The molecule has 0 N–H and O–H groups in total. The van der Waals surface area contributed by atoms with Crippen LogP contribution in [0.4, 0.5) is 0 Å². The van der Waals surface area contributed by atoms with Crippen molar-refractivity contribution in [3.63, 3.8) is 0 Å². The molecule has 0 saturated heterocycles. The average Bonchev–Trinajstić information content (AvgIpc) is 0.722. The van der Waals surface area contributed by atoms with Crippen molar-refractivity contribution in [2.75, 3.05) is 0 Å². The second-order valence-electron chi connectivity index (χ2n) is 0.500. The summed E-state index contributed by atoms with van der Waals surface area (Å²) in [5.74, 6) is 0. The zero-order chi connectivity index (χ0) is 4.50. The van der Waals surface area contributed by atoms with Crippen LogP contribution in [0.25, 0.3) is 0 Å². The third-order valence-corrected chi connectivity index (χ3v) is 0. The van der Waals surface area contributed by atoms with Gasteiger partial charge < -0.3 is 28.2 Å². The molecule has 7 heteroatoms. The summed E-state index contributed by atoms with van der Waals surface area (Å²) >= 11 is 0. The zero-order valence-electron chi connectivity index (χ0n) is 3.21. The summed E-state index contributed by atoms with van der Waals surface area (Å²) in [5, 5.41) is 0. The summed E-state index contributed by atoms with van der Waals surface area (Å²) in [6.07, 6.45) is 0. The van der Waals surface area contributed by atoms with Gasteiger partial charge in [0.1, 0.15) is 0 Å². The minimum absolute atomic E-state index is 0. The van der Waals surface area contributed by atoms with Crippen LogP contribution in [-0.2, 0) is 0 Å². The molecule has 0 aromatic heterocycles. The van der Waals surface area contributed by atoms with Crippen molar-refractivity contribution >= 4 is 26.4 Å². The fourth-order valence-corrected chi connectivity index (χ4v) is 0. The smallest absolute Gasteiger partial charge is 0.894 e. The second kappa shape index (κ2) is 6.09. The van der Waals surface area contributed by atoms with Crippen molar-refractivity contribution in [2.45, 2.75) is 0 Å². The van der Waals surface area contributed by atoms with Crippen molar-refractivity contribution in [3.05, 3.63) is 0 Å². The van der Waals surface area contributed by atoms with E-state index in [0.29, 0.717) is 0 Å². The van der Waals surface area contributed by atoms with Crippen molar-refractivity contribution in [2.24, 2.45) is 0 Å². The molecule has 7 heavy (non-hydrogen) atoms. The summed E-state index contributed by atoms with van der Waals surface area (Å²) < 4.78 is 0. The van der Waals surface area contributed by atoms with Gasteiger partial charge in [-0.3, -0.25) is 0 Å². The molecule has 0 aromatic rings. The minimum Gasteiger partial charge on any atom is -0.894 e. The van der Waals surface area contributed by atoms with Gasteiger partial charge in [0.25, 0.3) is 0 Å². The van der Waals surface area contributed by atoms with Gasteiger partial charge >= 0.3 is 59.1 Å². The van der Waals surface area contributed by atoms with E-state index in [9.17, 15) is 0 Å². The molecule has 0 aromatic carbocycles. The molecule has 0 fully saturated rings. The largest absolute Gasteiger partial charge is 3.00 e. The Kier molecular flexibility index (Phi) is 13.9. The molecule has 0 bridgehead atoms. The summed E-state index contributed by atoms with van der Waals surface area (Å²) in [6.45, 7) is 0. The fraction of sp³-hybridized carbons (Fsp3) is 0. The first-order valence-corrected chi connectivity index (χ1v) is 2.45. The maximum Gasteiger partial charge on any atom is 3.00 e. The molecule has 1 radical (unpaired) electrons. The van der Waals surface area contributed by atoms with Crippen LogP contribution in [0.3, 0.4) is 0 Å². The topological polar surface area (TPSA) is 92.2 Å². The standard InChI is InChI=1S/Al.Ce.O4Si/c;;1-5(2,3)4/q2*+3;-4. The molecule has 0 heterocycles. The molecule has 4 nitrogen and oxygen atoms in total. The van der Waals surface area contributed by atoms with Crippen LogP contribution in [0.5, 0.6) is 0 Å². The first kappa shape index (κ1) is 16.0. The first-order valence-electron chi connectivity index (χ1n) is 0.816. The van der Waals surface area contributed by atoms with Crippen molar-refractivity contribution in [3.8, 4) is 0 Å². The van der Waals surface area contributed by atoms with Crippen LogP contribution in [0.15, 0.2) is 0 Å². The summed E-state index contributed by atoms with van der Waals surface area (Å²) in [6, 6.07) is 0. The Hall–Kier alpha value is 1.97.